The van der Waals surface area contributed by atoms with Crippen LogP contribution in [-0.2, 0) is 0 Å². The molecule has 0 saturated heterocycles. The van der Waals surface area contributed by atoms with Crippen molar-refractivity contribution in [2.24, 2.45) is 0 Å². The summed E-state index contributed by atoms with van der Waals surface area (Å²) in [7, 11) is 0. The first-order valence-electron chi connectivity index (χ1n) is 8.30. The van der Waals surface area contributed by atoms with Gasteiger partial charge in [0.05, 0.1) is 0 Å². The van der Waals surface area contributed by atoms with Crippen LogP contribution in [0.1, 0.15) is 43.2 Å². The van der Waals surface area contributed by atoms with E-state index in [0.29, 0.717) is 5.92 Å². The van der Waals surface area contributed by atoms with Crippen LogP contribution in [0, 0.1) is 6.92 Å². The molecule has 4 rings (SSSR count). The minimum atomic E-state index is 0.316. The van der Waals surface area contributed by atoms with E-state index in [9.17, 15) is 0 Å². The largest absolute Gasteiger partial charge is 0.414 e. The van der Waals surface area contributed by atoms with E-state index in [4.69, 9.17) is 9.52 Å². The number of benzene rings is 1. The minimum Gasteiger partial charge on any atom is -0.402 e. The molecule has 120 valence electrons. The van der Waals surface area contributed by atoms with Gasteiger partial charge in [0, 0.05) is 28.7 Å². The molecule has 1 aliphatic carbocycles. The third-order valence-corrected chi connectivity index (χ3v) is 4.81. The van der Waals surface area contributed by atoms with Gasteiger partial charge in [-0.15, -0.1) is 0 Å². The monoisotopic (exact) mass is 317 g/mol. The van der Waals surface area contributed by atoms with Gasteiger partial charge in [0.25, 0.3) is 0 Å². The van der Waals surface area contributed by atoms with Crippen molar-refractivity contribution >= 4 is 5.57 Å². The van der Waals surface area contributed by atoms with Crippen molar-refractivity contribution in [3.05, 3.63) is 71.6 Å². The van der Waals surface area contributed by atoms with Crippen molar-refractivity contribution in [1.29, 1.82) is 0 Å². The van der Waals surface area contributed by atoms with E-state index in [1.807, 2.05) is 41.9 Å². The lowest BCUT2D eigenvalue weighted by molar-refractivity contribution is -0.653. The minimum absolute atomic E-state index is 0.316. The number of hydrogen-bond acceptors (Lipinski definition) is 2. The molecule has 1 unspecified atom stereocenters. The predicted molar refractivity (Wildman–Crippen MR) is 95.2 cm³/mol. The lowest BCUT2D eigenvalue weighted by atomic mass is 9.82. The Morgan fingerprint density at radius 3 is 2.71 bits per heavy atom. The van der Waals surface area contributed by atoms with Gasteiger partial charge >= 0.3 is 5.89 Å². The van der Waals surface area contributed by atoms with Crippen LogP contribution in [0.3, 0.4) is 0 Å². The number of fused-ring (bicyclic) bond motifs is 2. The van der Waals surface area contributed by atoms with Crippen LogP contribution in [0.4, 0.5) is 0 Å². The lowest BCUT2D eigenvalue weighted by Gasteiger charge is -2.23. The summed E-state index contributed by atoms with van der Waals surface area (Å²) in [4.78, 5) is 0. The molecule has 2 aliphatic heterocycles. The van der Waals surface area contributed by atoms with E-state index in [1.165, 1.54) is 16.7 Å². The Morgan fingerprint density at radius 1 is 1.25 bits per heavy atom. The first kappa shape index (κ1) is 14.9. The van der Waals surface area contributed by atoms with E-state index in [-0.39, 0.29) is 0 Å². The Balaban J connectivity index is 1.99. The van der Waals surface area contributed by atoms with Gasteiger partial charge in [-0.25, -0.2) is 0 Å². The Hall–Kier alpha value is -2.68. The number of aryl methyl sites for hydroxylation is 1. The first-order valence-corrected chi connectivity index (χ1v) is 8.30. The summed E-state index contributed by atoms with van der Waals surface area (Å²) in [6, 6.07) is 12.4. The van der Waals surface area contributed by atoms with Gasteiger partial charge in [-0.3, -0.25) is 0 Å². The van der Waals surface area contributed by atoms with Crippen LogP contribution >= 0.6 is 0 Å². The second-order valence-electron chi connectivity index (χ2n) is 6.60. The number of hydrogen-bond donors (Lipinski definition) is 0. The second-order valence-corrected chi connectivity index (χ2v) is 6.60. The molecule has 0 bridgehead atoms. The zero-order valence-corrected chi connectivity index (χ0v) is 14.3. The summed E-state index contributed by atoms with van der Waals surface area (Å²) in [6.07, 6.45) is 3.23. The van der Waals surface area contributed by atoms with Gasteiger partial charge in [-0.2, -0.15) is 0 Å². The van der Waals surface area contributed by atoms with E-state index < -0.39 is 0 Å². The average molecular weight is 317 g/mol. The molecule has 3 nitrogen and oxygen atoms in total. The van der Waals surface area contributed by atoms with Gasteiger partial charge in [0.15, 0.2) is 0 Å². The highest BCUT2D eigenvalue weighted by Crippen LogP contribution is 2.41. The summed E-state index contributed by atoms with van der Waals surface area (Å²) in [6.45, 7) is 10.4. The van der Waals surface area contributed by atoms with Gasteiger partial charge in [-0.1, -0.05) is 36.4 Å². The zero-order chi connectivity index (χ0) is 16.8. The van der Waals surface area contributed by atoms with Crippen LogP contribution in [0.25, 0.3) is 22.7 Å². The number of aromatic nitrogens is 2. The molecule has 0 fully saturated rings. The second kappa shape index (κ2) is 5.45. The highest BCUT2D eigenvalue weighted by atomic mass is 16.4. The van der Waals surface area contributed by atoms with Crippen LogP contribution in [0.5, 0.6) is 0 Å². The highest BCUT2D eigenvalue weighted by molar-refractivity contribution is 5.70. The average Bonchev–Trinajstić information content (AvgIpc) is 2.91. The Bertz CT molecular complexity index is 934. The standard InChI is InChI=1S/C21H21N2O/c1-13(2)17-11-10-14(3)20-19(17)12-18-15(4)22-23(21(18)24-20)16-8-6-5-7-9-16/h5-10,12,17H,1,11H2,2-4H3/q+1. The summed E-state index contributed by atoms with van der Waals surface area (Å²) >= 11 is 0. The van der Waals surface area contributed by atoms with Crippen molar-refractivity contribution in [3.8, 4) is 17.1 Å². The molecule has 3 aliphatic rings. The smallest absolute Gasteiger partial charge is 0.402 e. The van der Waals surface area contributed by atoms with E-state index in [2.05, 4.69) is 32.6 Å². The summed E-state index contributed by atoms with van der Waals surface area (Å²) in [5.41, 5.74) is 6.64. The molecule has 3 heteroatoms. The topological polar surface area (TPSA) is 29.9 Å². The van der Waals surface area contributed by atoms with Crippen LogP contribution in [0.15, 0.2) is 59.0 Å². The fraction of sp³-hybridized carbons (Fsp3) is 0.238. The predicted octanol–water partition coefficient (Wildman–Crippen LogP) is 4.83. The Labute approximate surface area is 142 Å². The maximum atomic E-state index is 6.37. The number of nitrogens with zero attached hydrogens (tertiary/aromatic N) is 2. The van der Waals surface area contributed by atoms with E-state index in [0.717, 1.165) is 35.0 Å². The quantitative estimate of drug-likeness (QED) is 0.500. The summed E-state index contributed by atoms with van der Waals surface area (Å²) in [5.74, 6) is 2.07. The number of para-hydroxylation sites is 1. The van der Waals surface area contributed by atoms with E-state index >= 15 is 0 Å². The Kier molecular flexibility index (Phi) is 3.38. The van der Waals surface area contributed by atoms with Gasteiger partial charge < -0.3 is 4.42 Å². The Morgan fingerprint density at radius 2 is 2.00 bits per heavy atom. The van der Waals surface area contributed by atoms with Gasteiger partial charge in [0.1, 0.15) is 17.0 Å². The molecule has 1 aromatic carbocycles. The molecule has 0 amide bonds. The molecule has 0 N–H and O–H groups in total. The third-order valence-electron chi connectivity index (χ3n) is 4.81. The summed E-state index contributed by atoms with van der Waals surface area (Å²) in [5, 5.41) is 4.71. The van der Waals surface area contributed by atoms with Gasteiger partial charge in [0.2, 0.25) is 5.69 Å². The number of rotatable bonds is 2. The molecular weight excluding hydrogens is 296 g/mol. The fourth-order valence-corrected chi connectivity index (χ4v) is 3.45. The van der Waals surface area contributed by atoms with Crippen molar-refractivity contribution in [2.75, 3.05) is 0 Å². The van der Waals surface area contributed by atoms with E-state index in [1.54, 1.807) is 0 Å². The SMILES string of the molecule is C=C(C)C1CC=C(C)c2oc3[n+](-c4ccccc4)nc(C)c-3cc21. The molecule has 1 atom stereocenters. The van der Waals surface area contributed by atoms with Crippen LogP contribution in [0.2, 0.25) is 0 Å². The van der Waals surface area contributed by atoms with Crippen LogP contribution in [-0.4, -0.2) is 5.10 Å². The lowest BCUT2D eigenvalue weighted by Crippen LogP contribution is -2.34. The molecule has 0 spiro atoms. The molecule has 0 aromatic heterocycles. The van der Waals surface area contributed by atoms with Crippen molar-refractivity contribution in [3.63, 3.8) is 0 Å². The third kappa shape index (κ3) is 2.20. The molecule has 0 radical (unpaired) electrons. The molecular formula is C21H21N2O+. The zero-order valence-electron chi connectivity index (χ0n) is 14.3. The van der Waals surface area contributed by atoms with Crippen molar-refractivity contribution in [2.45, 2.75) is 33.1 Å². The summed E-state index contributed by atoms with van der Waals surface area (Å²) < 4.78 is 8.27. The fourth-order valence-electron chi connectivity index (χ4n) is 3.45. The normalized spacial score (nSPS) is 16.8. The van der Waals surface area contributed by atoms with Crippen molar-refractivity contribution < 1.29 is 9.10 Å². The molecule has 2 heterocycles. The molecule has 0 saturated carbocycles. The van der Waals surface area contributed by atoms with Gasteiger partial charge in [-0.05, 0) is 43.5 Å². The van der Waals surface area contributed by atoms with Crippen LogP contribution < -0.4 is 4.68 Å². The molecule has 1 aromatic rings. The first-order chi connectivity index (χ1) is 11.6. The highest BCUT2D eigenvalue weighted by Gasteiger charge is 2.34. The van der Waals surface area contributed by atoms with Crippen molar-refractivity contribution in [1.82, 2.24) is 5.10 Å². The maximum absolute atomic E-state index is 6.37. The maximum Gasteiger partial charge on any atom is 0.414 e. The number of allylic oxidation sites excluding steroid dienone is 3. The molecule has 24 heavy (non-hydrogen) atoms.